The van der Waals surface area contributed by atoms with Crippen molar-refractivity contribution in [2.45, 2.75) is 13.1 Å². The largest absolute Gasteiger partial charge is 0.463 e. The van der Waals surface area contributed by atoms with Gasteiger partial charge in [0.15, 0.2) is 0 Å². The first-order chi connectivity index (χ1) is 9.70. The van der Waals surface area contributed by atoms with Crippen molar-refractivity contribution >= 4 is 17.6 Å². The summed E-state index contributed by atoms with van der Waals surface area (Å²) in [5.74, 6) is -0.483. The van der Waals surface area contributed by atoms with E-state index in [2.05, 4.69) is 20.0 Å². The van der Waals surface area contributed by atoms with E-state index in [9.17, 15) is 4.79 Å². The maximum Gasteiger partial charge on any atom is 0.376 e. The molecule has 1 aromatic carbocycles. The molecular formula is C14H14ClN3O2. The molecule has 0 fully saturated rings. The van der Waals surface area contributed by atoms with Crippen LogP contribution in [-0.4, -0.2) is 23.0 Å². The predicted molar refractivity (Wildman–Crippen MR) is 75.4 cm³/mol. The Balaban J connectivity index is 1.88. The van der Waals surface area contributed by atoms with E-state index in [1.165, 1.54) is 7.11 Å². The van der Waals surface area contributed by atoms with Gasteiger partial charge in [-0.15, -0.1) is 0 Å². The lowest BCUT2D eigenvalue weighted by molar-refractivity contribution is 0.0586. The monoisotopic (exact) mass is 291 g/mol. The number of benzene rings is 1. The fraction of sp³-hybridized carbons (Fsp3) is 0.214. The quantitative estimate of drug-likeness (QED) is 0.856. The molecule has 20 heavy (non-hydrogen) atoms. The standard InChI is InChI=1S/C14H14ClN3O2/c1-20-14(19)13-17-7-10(8-18-13)6-16-9-11-4-2-3-5-12(11)15/h2-5,7-8,16H,6,9H2,1H3. The normalized spacial score (nSPS) is 10.3. The maximum atomic E-state index is 11.2. The van der Waals surface area contributed by atoms with E-state index in [0.717, 1.165) is 16.1 Å². The van der Waals surface area contributed by atoms with Gasteiger partial charge in [-0.25, -0.2) is 14.8 Å². The lowest BCUT2D eigenvalue weighted by Gasteiger charge is -2.06. The van der Waals surface area contributed by atoms with Crippen molar-refractivity contribution in [2.24, 2.45) is 0 Å². The van der Waals surface area contributed by atoms with E-state index >= 15 is 0 Å². The summed E-state index contributed by atoms with van der Waals surface area (Å²) in [6, 6.07) is 7.65. The number of hydrogen-bond donors (Lipinski definition) is 1. The van der Waals surface area contributed by atoms with Gasteiger partial charge in [0.05, 0.1) is 7.11 Å². The smallest absolute Gasteiger partial charge is 0.376 e. The average molecular weight is 292 g/mol. The van der Waals surface area contributed by atoms with Crippen LogP contribution in [0.1, 0.15) is 21.7 Å². The molecule has 104 valence electrons. The Hall–Kier alpha value is -1.98. The van der Waals surface area contributed by atoms with Gasteiger partial charge in [0.2, 0.25) is 5.82 Å². The molecule has 0 spiro atoms. The van der Waals surface area contributed by atoms with Crippen LogP contribution in [0, 0.1) is 0 Å². The molecule has 0 aliphatic carbocycles. The van der Waals surface area contributed by atoms with Crippen molar-refractivity contribution in [3.63, 3.8) is 0 Å². The molecule has 0 aliphatic heterocycles. The van der Waals surface area contributed by atoms with Crippen LogP contribution in [-0.2, 0) is 17.8 Å². The third-order valence-corrected chi connectivity index (χ3v) is 3.04. The van der Waals surface area contributed by atoms with Gasteiger partial charge in [-0.05, 0) is 11.6 Å². The van der Waals surface area contributed by atoms with Crippen LogP contribution in [0.5, 0.6) is 0 Å². The Labute approximate surface area is 122 Å². The average Bonchev–Trinajstić information content (AvgIpc) is 2.49. The van der Waals surface area contributed by atoms with Crippen LogP contribution in [0.3, 0.4) is 0 Å². The van der Waals surface area contributed by atoms with Crippen molar-refractivity contribution in [3.05, 3.63) is 58.6 Å². The molecule has 6 heteroatoms. The number of nitrogens with one attached hydrogen (secondary N) is 1. The molecule has 0 saturated carbocycles. The first-order valence-electron chi connectivity index (χ1n) is 6.04. The summed E-state index contributed by atoms with van der Waals surface area (Å²) in [6.07, 6.45) is 3.19. The van der Waals surface area contributed by atoms with Gasteiger partial charge in [0.25, 0.3) is 0 Å². The number of carbonyl (C=O) groups excluding carboxylic acids is 1. The molecule has 2 aromatic rings. The molecule has 5 nitrogen and oxygen atoms in total. The summed E-state index contributed by atoms with van der Waals surface area (Å²) in [5, 5.41) is 3.97. The Morgan fingerprint density at radius 3 is 2.60 bits per heavy atom. The molecular weight excluding hydrogens is 278 g/mol. The van der Waals surface area contributed by atoms with E-state index < -0.39 is 5.97 Å². The van der Waals surface area contributed by atoms with Gasteiger partial charge in [-0.2, -0.15) is 0 Å². The molecule has 0 bridgehead atoms. The Kier molecular flexibility index (Phi) is 5.03. The van der Waals surface area contributed by atoms with E-state index in [0.29, 0.717) is 13.1 Å². The summed E-state index contributed by atoms with van der Waals surface area (Å²) >= 11 is 6.06. The minimum absolute atomic E-state index is 0.0577. The maximum absolute atomic E-state index is 11.2. The van der Waals surface area contributed by atoms with Gasteiger partial charge in [0, 0.05) is 36.1 Å². The van der Waals surface area contributed by atoms with E-state index in [1.54, 1.807) is 12.4 Å². The van der Waals surface area contributed by atoms with Crippen molar-refractivity contribution < 1.29 is 9.53 Å². The topological polar surface area (TPSA) is 64.1 Å². The lowest BCUT2D eigenvalue weighted by atomic mass is 10.2. The van der Waals surface area contributed by atoms with E-state index in [4.69, 9.17) is 11.6 Å². The molecule has 0 aliphatic rings. The third-order valence-electron chi connectivity index (χ3n) is 2.68. The molecule has 0 atom stereocenters. The van der Waals surface area contributed by atoms with E-state index in [1.807, 2.05) is 24.3 Å². The summed E-state index contributed by atoms with van der Waals surface area (Å²) < 4.78 is 4.53. The zero-order valence-electron chi connectivity index (χ0n) is 11.0. The molecule has 0 amide bonds. The van der Waals surface area contributed by atoms with Crippen LogP contribution in [0.2, 0.25) is 5.02 Å². The minimum Gasteiger partial charge on any atom is -0.463 e. The highest BCUT2D eigenvalue weighted by molar-refractivity contribution is 6.31. The number of ether oxygens (including phenoxy) is 1. The van der Waals surface area contributed by atoms with Gasteiger partial charge >= 0.3 is 5.97 Å². The highest BCUT2D eigenvalue weighted by Crippen LogP contribution is 2.14. The van der Waals surface area contributed by atoms with Crippen LogP contribution >= 0.6 is 11.6 Å². The molecule has 2 rings (SSSR count). The lowest BCUT2D eigenvalue weighted by Crippen LogP contribution is -2.14. The minimum atomic E-state index is -0.541. The summed E-state index contributed by atoms with van der Waals surface area (Å²) in [4.78, 5) is 19.1. The Morgan fingerprint density at radius 2 is 1.95 bits per heavy atom. The first-order valence-corrected chi connectivity index (χ1v) is 6.42. The predicted octanol–water partition coefficient (Wildman–Crippen LogP) is 2.21. The third kappa shape index (κ3) is 3.76. The second kappa shape index (κ2) is 6.98. The molecule has 1 aromatic heterocycles. The number of nitrogens with zero attached hydrogens (tertiary/aromatic N) is 2. The summed E-state index contributed by atoms with van der Waals surface area (Å²) in [6.45, 7) is 1.24. The number of hydrogen-bond acceptors (Lipinski definition) is 5. The zero-order chi connectivity index (χ0) is 14.4. The Bertz CT molecular complexity index is 587. The van der Waals surface area contributed by atoms with Gasteiger partial charge in [-0.1, -0.05) is 29.8 Å². The van der Waals surface area contributed by atoms with Gasteiger partial charge in [0.1, 0.15) is 0 Å². The molecule has 1 N–H and O–H groups in total. The molecule has 0 unspecified atom stereocenters. The van der Waals surface area contributed by atoms with Crippen LogP contribution < -0.4 is 5.32 Å². The summed E-state index contributed by atoms with van der Waals surface area (Å²) in [5.41, 5.74) is 1.91. The highest BCUT2D eigenvalue weighted by Gasteiger charge is 2.08. The zero-order valence-corrected chi connectivity index (χ0v) is 11.7. The number of aromatic nitrogens is 2. The van der Waals surface area contributed by atoms with Crippen molar-refractivity contribution in [3.8, 4) is 0 Å². The molecule has 0 radical (unpaired) electrons. The van der Waals surface area contributed by atoms with Crippen LogP contribution in [0.25, 0.3) is 0 Å². The number of esters is 1. The highest BCUT2D eigenvalue weighted by atomic mass is 35.5. The van der Waals surface area contributed by atoms with E-state index in [-0.39, 0.29) is 5.82 Å². The summed E-state index contributed by atoms with van der Waals surface area (Å²) in [7, 11) is 1.30. The molecule has 0 saturated heterocycles. The number of rotatable bonds is 5. The second-order valence-corrected chi connectivity index (χ2v) is 4.51. The molecule has 1 heterocycles. The fourth-order valence-corrected chi connectivity index (χ4v) is 1.83. The number of halogens is 1. The number of methoxy groups -OCH3 is 1. The van der Waals surface area contributed by atoms with Gasteiger partial charge in [-0.3, -0.25) is 0 Å². The van der Waals surface area contributed by atoms with Crippen LogP contribution in [0.4, 0.5) is 0 Å². The van der Waals surface area contributed by atoms with Crippen molar-refractivity contribution in [2.75, 3.05) is 7.11 Å². The fourth-order valence-electron chi connectivity index (χ4n) is 1.63. The first kappa shape index (κ1) is 14.4. The van der Waals surface area contributed by atoms with Gasteiger partial charge < -0.3 is 10.1 Å². The van der Waals surface area contributed by atoms with Crippen molar-refractivity contribution in [1.29, 1.82) is 0 Å². The van der Waals surface area contributed by atoms with Crippen LogP contribution in [0.15, 0.2) is 36.7 Å². The van der Waals surface area contributed by atoms with Crippen molar-refractivity contribution in [1.82, 2.24) is 15.3 Å². The second-order valence-electron chi connectivity index (χ2n) is 4.10. The number of carbonyl (C=O) groups is 1. The SMILES string of the molecule is COC(=O)c1ncc(CNCc2ccccc2Cl)cn1. The Morgan fingerprint density at radius 1 is 1.25 bits per heavy atom.